The molecule has 3 fully saturated rings. The first kappa shape index (κ1) is 12.1. The summed E-state index contributed by atoms with van der Waals surface area (Å²) in [6.07, 6.45) is 4.95. The van der Waals surface area contributed by atoms with E-state index in [9.17, 15) is 9.59 Å². The summed E-state index contributed by atoms with van der Waals surface area (Å²) < 4.78 is 5.76. The molecule has 3 aliphatic rings. The predicted molar refractivity (Wildman–Crippen MR) is 64.9 cm³/mol. The van der Waals surface area contributed by atoms with Crippen LogP contribution in [0, 0.1) is 0 Å². The summed E-state index contributed by atoms with van der Waals surface area (Å²) in [6.45, 7) is 2.52. The Hall–Kier alpha value is -0.940. The molecule has 1 N–H and O–H groups in total. The molecule has 0 aromatic heterocycles. The lowest BCUT2D eigenvalue weighted by Crippen LogP contribution is -2.47. The van der Waals surface area contributed by atoms with Crippen LogP contribution in [0.1, 0.15) is 39.0 Å². The first-order valence-electron chi connectivity index (χ1n) is 6.94. The summed E-state index contributed by atoms with van der Waals surface area (Å²) in [4.78, 5) is 25.2. The molecule has 0 aromatic rings. The van der Waals surface area contributed by atoms with E-state index in [2.05, 4.69) is 5.32 Å². The summed E-state index contributed by atoms with van der Waals surface area (Å²) in [5.74, 6) is -0.0898. The van der Waals surface area contributed by atoms with Crippen molar-refractivity contribution >= 4 is 11.8 Å². The maximum atomic E-state index is 12.1. The standard InChI is InChI=1S/C13H20N2O3/c1-2-5-15-12(16)7-10(13(15)17)14-9-6-8-3-4-11(9)18-8/h8-11,14H,2-7H2,1H3. The van der Waals surface area contributed by atoms with Gasteiger partial charge in [-0.3, -0.25) is 19.8 Å². The van der Waals surface area contributed by atoms with Gasteiger partial charge in [-0.2, -0.15) is 0 Å². The van der Waals surface area contributed by atoms with Gasteiger partial charge in [0.05, 0.1) is 24.7 Å². The van der Waals surface area contributed by atoms with E-state index in [0.29, 0.717) is 19.1 Å². The normalized spacial score (nSPS) is 39.1. The van der Waals surface area contributed by atoms with Crippen LogP contribution in [0.15, 0.2) is 0 Å². The molecule has 2 amide bonds. The SMILES string of the molecule is CCCN1C(=O)CC(NC2CC3CCC2O3)C1=O. The Labute approximate surface area is 107 Å². The Morgan fingerprint density at radius 2 is 2.22 bits per heavy atom. The highest BCUT2D eigenvalue weighted by atomic mass is 16.5. The molecule has 3 rings (SSSR count). The van der Waals surface area contributed by atoms with E-state index in [4.69, 9.17) is 4.74 Å². The average Bonchev–Trinajstić information content (AvgIpc) is 3.01. The quantitative estimate of drug-likeness (QED) is 0.737. The first-order valence-corrected chi connectivity index (χ1v) is 6.94. The van der Waals surface area contributed by atoms with E-state index in [-0.39, 0.29) is 30.0 Å². The van der Waals surface area contributed by atoms with Crippen molar-refractivity contribution in [1.82, 2.24) is 10.2 Å². The molecular weight excluding hydrogens is 232 g/mol. The predicted octanol–water partition coefficient (Wildman–Crippen LogP) is 0.433. The Kier molecular flexibility index (Phi) is 3.11. The molecule has 0 radical (unpaired) electrons. The van der Waals surface area contributed by atoms with Gasteiger partial charge in [0.2, 0.25) is 11.8 Å². The van der Waals surface area contributed by atoms with Crippen LogP contribution >= 0.6 is 0 Å². The van der Waals surface area contributed by atoms with Crippen molar-refractivity contribution in [1.29, 1.82) is 0 Å². The molecule has 5 nitrogen and oxygen atoms in total. The Balaban J connectivity index is 1.61. The number of rotatable bonds is 4. The molecule has 4 unspecified atom stereocenters. The Morgan fingerprint density at radius 1 is 1.39 bits per heavy atom. The maximum absolute atomic E-state index is 12.1. The number of carbonyl (C=O) groups excluding carboxylic acids is 2. The lowest BCUT2D eigenvalue weighted by molar-refractivity contribution is -0.138. The number of carbonyl (C=O) groups is 2. The molecule has 0 aromatic carbocycles. The molecule has 3 saturated heterocycles. The number of hydrogen-bond donors (Lipinski definition) is 1. The minimum absolute atomic E-state index is 0.0385. The van der Waals surface area contributed by atoms with Crippen LogP contribution in [0.5, 0.6) is 0 Å². The highest BCUT2D eigenvalue weighted by Gasteiger charge is 2.45. The van der Waals surface area contributed by atoms with Crippen LogP contribution in [-0.4, -0.2) is 47.6 Å². The molecule has 0 saturated carbocycles. The summed E-state index contributed by atoms with van der Waals surface area (Å²) in [5, 5.41) is 3.34. The summed E-state index contributed by atoms with van der Waals surface area (Å²) in [6, 6.07) is -0.0657. The third-order valence-corrected chi connectivity index (χ3v) is 4.21. The van der Waals surface area contributed by atoms with Gasteiger partial charge in [-0.25, -0.2) is 0 Å². The molecule has 3 heterocycles. The van der Waals surface area contributed by atoms with E-state index in [0.717, 1.165) is 25.7 Å². The average molecular weight is 252 g/mol. The van der Waals surface area contributed by atoms with Crippen molar-refractivity contribution < 1.29 is 14.3 Å². The van der Waals surface area contributed by atoms with E-state index in [1.807, 2.05) is 6.92 Å². The molecule has 100 valence electrons. The van der Waals surface area contributed by atoms with Gasteiger partial charge in [0.1, 0.15) is 0 Å². The number of nitrogens with one attached hydrogen (secondary N) is 1. The third kappa shape index (κ3) is 1.95. The van der Waals surface area contributed by atoms with Crippen molar-refractivity contribution in [3.05, 3.63) is 0 Å². The molecule has 4 atom stereocenters. The van der Waals surface area contributed by atoms with Gasteiger partial charge in [-0.1, -0.05) is 6.92 Å². The molecule has 0 spiro atoms. The van der Waals surface area contributed by atoms with Gasteiger partial charge in [-0.15, -0.1) is 0 Å². The van der Waals surface area contributed by atoms with Crippen molar-refractivity contribution in [2.45, 2.75) is 63.3 Å². The Bertz CT molecular complexity index is 371. The van der Waals surface area contributed by atoms with Crippen LogP contribution in [0.3, 0.4) is 0 Å². The lowest BCUT2D eigenvalue weighted by Gasteiger charge is -2.23. The summed E-state index contributed by atoms with van der Waals surface area (Å²) in [5.41, 5.74) is 0. The number of ether oxygens (including phenoxy) is 1. The Morgan fingerprint density at radius 3 is 2.83 bits per heavy atom. The fraction of sp³-hybridized carbons (Fsp3) is 0.846. The van der Waals surface area contributed by atoms with Crippen molar-refractivity contribution in [3.63, 3.8) is 0 Å². The number of nitrogens with zero attached hydrogens (tertiary/aromatic N) is 1. The van der Waals surface area contributed by atoms with Crippen molar-refractivity contribution in [2.75, 3.05) is 6.54 Å². The van der Waals surface area contributed by atoms with Gasteiger partial charge < -0.3 is 4.74 Å². The molecule has 2 bridgehead atoms. The molecule has 18 heavy (non-hydrogen) atoms. The monoisotopic (exact) mass is 252 g/mol. The topological polar surface area (TPSA) is 58.6 Å². The van der Waals surface area contributed by atoms with E-state index in [1.165, 1.54) is 4.90 Å². The van der Waals surface area contributed by atoms with E-state index < -0.39 is 0 Å². The minimum Gasteiger partial charge on any atom is -0.373 e. The molecule has 5 heteroatoms. The number of likely N-dealkylation sites (tertiary alicyclic amines) is 1. The molecular formula is C13H20N2O3. The minimum atomic E-state index is -0.322. The highest BCUT2D eigenvalue weighted by molar-refractivity contribution is 6.05. The lowest BCUT2D eigenvalue weighted by atomic mass is 9.95. The van der Waals surface area contributed by atoms with Crippen molar-refractivity contribution in [2.24, 2.45) is 0 Å². The second kappa shape index (κ2) is 4.63. The maximum Gasteiger partial charge on any atom is 0.246 e. The summed E-state index contributed by atoms with van der Waals surface area (Å²) in [7, 11) is 0. The molecule has 0 aliphatic carbocycles. The number of fused-ring (bicyclic) bond motifs is 2. The van der Waals surface area contributed by atoms with Gasteiger partial charge in [0, 0.05) is 12.6 Å². The van der Waals surface area contributed by atoms with Crippen LogP contribution in [0.2, 0.25) is 0 Å². The van der Waals surface area contributed by atoms with Crippen LogP contribution in [0.4, 0.5) is 0 Å². The van der Waals surface area contributed by atoms with E-state index in [1.54, 1.807) is 0 Å². The van der Waals surface area contributed by atoms with Crippen molar-refractivity contribution in [3.8, 4) is 0 Å². The smallest absolute Gasteiger partial charge is 0.246 e. The fourth-order valence-corrected chi connectivity index (χ4v) is 3.34. The summed E-state index contributed by atoms with van der Waals surface area (Å²) >= 11 is 0. The van der Waals surface area contributed by atoms with Crippen LogP contribution in [-0.2, 0) is 14.3 Å². The van der Waals surface area contributed by atoms with E-state index >= 15 is 0 Å². The first-order chi connectivity index (χ1) is 8.69. The fourth-order valence-electron chi connectivity index (χ4n) is 3.34. The third-order valence-electron chi connectivity index (χ3n) is 4.21. The van der Waals surface area contributed by atoms with Crippen LogP contribution in [0.25, 0.3) is 0 Å². The largest absolute Gasteiger partial charge is 0.373 e. The van der Waals surface area contributed by atoms with Crippen LogP contribution < -0.4 is 5.32 Å². The number of amides is 2. The van der Waals surface area contributed by atoms with Gasteiger partial charge in [-0.05, 0) is 25.7 Å². The zero-order valence-electron chi connectivity index (χ0n) is 10.7. The number of hydrogen-bond acceptors (Lipinski definition) is 4. The van der Waals surface area contributed by atoms with Gasteiger partial charge in [0.25, 0.3) is 0 Å². The molecule has 3 aliphatic heterocycles. The number of imide groups is 1. The second-order valence-electron chi connectivity index (χ2n) is 5.52. The van der Waals surface area contributed by atoms with Gasteiger partial charge >= 0.3 is 0 Å². The second-order valence-corrected chi connectivity index (χ2v) is 5.52. The highest BCUT2D eigenvalue weighted by Crippen LogP contribution is 2.35. The zero-order valence-corrected chi connectivity index (χ0v) is 10.7. The van der Waals surface area contributed by atoms with Gasteiger partial charge in [0.15, 0.2) is 0 Å². The zero-order chi connectivity index (χ0) is 12.7.